The number of benzene rings is 1. The first kappa shape index (κ1) is 20.3. The van der Waals surface area contributed by atoms with Crippen LogP contribution in [0.15, 0.2) is 47.1 Å². The molecular weight excluding hydrogens is 410 g/mol. The lowest BCUT2D eigenvalue weighted by atomic mass is 10.2. The molecule has 2 unspecified atom stereocenters. The minimum Gasteiger partial charge on any atom is -0.459 e. The van der Waals surface area contributed by atoms with Crippen molar-refractivity contribution in [1.29, 1.82) is 0 Å². The normalized spacial score (nSPS) is 23.0. The van der Waals surface area contributed by atoms with Crippen LogP contribution in [0, 0.1) is 0 Å². The summed E-state index contributed by atoms with van der Waals surface area (Å²) in [7, 11) is 0. The van der Waals surface area contributed by atoms with Crippen molar-refractivity contribution in [2.75, 3.05) is 39.3 Å². The van der Waals surface area contributed by atoms with E-state index in [-0.39, 0.29) is 22.4 Å². The third-order valence-electron chi connectivity index (χ3n) is 5.47. The van der Waals surface area contributed by atoms with E-state index in [0.29, 0.717) is 30.4 Å². The number of carbonyl (C=O) groups is 2. The lowest BCUT2D eigenvalue weighted by Gasteiger charge is -2.35. The van der Waals surface area contributed by atoms with Gasteiger partial charge in [0.25, 0.3) is 5.91 Å². The summed E-state index contributed by atoms with van der Waals surface area (Å²) in [5.74, 6) is 0.481. The Labute approximate surface area is 179 Å². The molecule has 0 bridgehead atoms. The second-order valence-electron chi connectivity index (χ2n) is 7.29. The van der Waals surface area contributed by atoms with Gasteiger partial charge in [0.2, 0.25) is 5.91 Å². The molecule has 3 heterocycles. The number of nitrogens with zero attached hydrogens (tertiary/aromatic N) is 3. The van der Waals surface area contributed by atoms with Gasteiger partial charge in [0.05, 0.1) is 11.5 Å². The van der Waals surface area contributed by atoms with Gasteiger partial charge < -0.3 is 14.2 Å². The molecule has 2 aromatic rings. The highest BCUT2D eigenvalue weighted by Crippen LogP contribution is 2.44. The van der Waals surface area contributed by atoms with Crippen LogP contribution in [-0.2, 0) is 4.79 Å². The molecule has 2 aliphatic rings. The van der Waals surface area contributed by atoms with E-state index in [2.05, 4.69) is 4.90 Å². The van der Waals surface area contributed by atoms with E-state index >= 15 is 0 Å². The van der Waals surface area contributed by atoms with Crippen LogP contribution in [0.4, 0.5) is 0 Å². The van der Waals surface area contributed by atoms with Gasteiger partial charge in [-0.25, -0.2) is 0 Å². The van der Waals surface area contributed by atoms with Crippen molar-refractivity contribution < 1.29 is 14.0 Å². The Balaban J connectivity index is 1.34. The Hall–Kier alpha value is -1.96. The monoisotopic (exact) mass is 433 g/mol. The summed E-state index contributed by atoms with van der Waals surface area (Å²) < 4.78 is 5.21. The minimum absolute atomic E-state index is 0.0481. The largest absolute Gasteiger partial charge is 0.459 e. The molecular formula is C21H24ClN3O3S. The van der Waals surface area contributed by atoms with Gasteiger partial charge in [0.15, 0.2) is 5.76 Å². The third-order valence-corrected chi connectivity index (χ3v) is 7.19. The van der Waals surface area contributed by atoms with Gasteiger partial charge >= 0.3 is 0 Å². The standard InChI is InChI=1S/C21H24ClN3O3S/c1-15-19(26)25(21(29-15)16-5-2-3-6-17(16)22)13-10-23-8-11-24(12-9-23)20(27)18-7-4-14-28-18/h2-7,14-15,21H,8-13H2,1H3. The van der Waals surface area contributed by atoms with Crippen LogP contribution >= 0.6 is 23.4 Å². The number of furan rings is 1. The summed E-state index contributed by atoms with van der Waals surface area (Å²) in [5, 5.41) is 0.578. The highest BCUT2D eigenvalue weighted by Gasteiger charge is 2.39. The van der Waals surface area contributed by atoms with Crippen LogP contribution in [0.5, 0.6) is 0 Å². The van der Waals surface area contributed by atoms with Crippen molar-refractivity contribution in [2.45, 2.75) is 17.5 Å². The number of thioether (sulfide) groups is 1. The van der Waals surface area contributed by atoms with Crippen molar-refractivity contribution in [1.82, 2.24) is 14.7 Å². The first-order valence-corrected chi connectivity index (χ1v) is 11.1. The van der Waals surface area contributed by atoms with Crippen molar-refractivity contribution in [3.8, 4) is 0 Å². The molecule has 4 rings (SSSR count). The first-order valence-electron chi connectivity index (χ1n) is 9.80. The molecule has 0 N–H and O–H groups in total. The molecule has 1 aromatic heterocycles. The average molecular weight is 434 g/mol. The summed E-state index contributed by atoms with van der Waals surface area (Å²) in [4.78, 5) is 31.2. The van der Waals surface area contributed by atoms with Crippen molar-refractivity contribution in [3.05, 3.63) is 59.0 Å². The second-order valence-corrected chi connectivity index (χ2v) is 9.13. The molecule has 0 spiro atoms. The van der Waals surface area contributed by atoms with Gasteiger partial charge in [-0.1, -0.05) is 29.8 Å². The topological polar surface area (TPSA) is 57.0 Å². The molecule has 154 valence electrons. The zero-order chi connectivity index (χ0) is 20.4. The zero-order valence-corrected chi connectivity index (χ0v) is 17.9. The number of piperazine rings is 1. The van der Waals surface area contributed by atoms with Gasteiger partial charge in [-0.2, -0.15) is 0 Å². The highest BCUT2D eigenvalue weighted by molar-refractivity contribution is 8.01. The predicted octanol–water partition coefficient (Wildman–Crippen LogP) is 3.35. The van der Waals surface area contributed by atoms with E-state index in [1.807, 2.05) is 41.0 Å². The maximum Gasteiger partial charge on any atom is 0.289 e. The van der Waals surface area contributed by atoms with E-state index in [1.54, 1.807) is 23.9 Å². The predicted molar refractivity (Wildman–Crippen MR) is 114 cm³/mol. The Morgan fingerprint density at radius 1 is 1.14 bits per heavy atom. The summed E-state index contributed by atoms with van der Waals surface area (Å²) in [6.07, 6.45) is 1.52. The molecule has 6 nitrogen and oxygen atoms in total. The Morgan fingerprint density at radius 2 is 1.90 bits per heavy atom. The molecule has 2 saturated heterocycles. The number of amides is 2. The molecule has 2 fully saturated rings. The smallest absolute Gasteiger partial charge is 0.289 e. The van der Waals surface area contributed by atoms with E-state index < -0.39 is 0 Å². The number of hydrogen-bond donors (Lipinski definition) is 0. The van der Waals surface area contributed by atoms with Crippen molar-refractivity contribution in [2.24, 2.45) is 0 Å². The first-order chi connectivity index (χ1) is 14.0. The number of rotatable bonds is 5. The van der Waals surface area contributed by atoms with E-state index in [9.17, 15) is 9.59 Å². The Kier molecular flexibility index (Phi) is 6.18. The maximum atomic E-state index is 12.7. The summed E-state index contributed by atoms with van der Waals surface area (Å²) in [6.45, 7) is 6.28. The van der Waals surface area contributed by atoms with Crippen molar-refractivity contribution in [3.63, 3.8) is 0 Å². The quantitative estimate of drug-likeness (QED) is 0.723. The van der Waals surface area contributed by atoms with E-state index in [4.69, 9.17) is 16.0 Å². The minimum atomic E-state index is -0.0703. The van der Waals surface area contributed by atoms with Crippen LogP contribution in [-0.4, -0.2) is 71.0 Å². The SMILES string of the molecule is CC1SC(c2ccccc2Cl)N(CCN2CCN(C(=O)c3ccco3)CC2)C1=O. The summed E-state index contributed by atoms with van der Waals surface area (Å²) in [6, 6.07) is 11.2. The fourth-order valence-electron chi connectivity index (χ4n) is 3.80. The van der Waals surface area contributed by atoms with Crippen LogP contribution < -0.4 is 0 Å². The van der Waals surface area contributed by atoms with Crippen LogP contribution in [0.1, 0.15) is 28.4 Å². The van der Waals surface area contributed by atoms with Gasteiger partial charge in [-0.05, 0) is 25.1 Å². The zero-order valence-electron chi connectivity index (χ0n) is 16.3. The van der Waals surface area contributed by atoms with Gasteiger partial charge in [0, 0.05) is 49.9 Å². The third kappa shape index (κ3) is 4.32. The van der Waals surface area contributed by atoms with Crippen LogP contribution in [0.3, 0.4) is 0 Å². The van der Waals surface area contributed by atoms with Gasteiger partial charge in [-0.3, -0.25) is 14.5 Å². The summed E-state index contributed by atoms with van der Waals surface area (Å²) in [5.41, 5.74) is 0.991. The van der Waals surface area contributed by atoms with Crippen LogP contribution in [0.25, 0.3) is 0 Å². The fraction of sp³-hybridized carbons (Fsp3) is 0.429. The van der Waals surface area contributed by atoms with Crippen molar-refractivity contribution >= 4 is 35.2 Å². The maximum absolute atomic E-state index is 12.7. The van der Waals surface area contributed by atoms with E-state index in [1.165, 1.54) is 6.26 Å². The number of halogens is 1. The Morgan fingerprint density at radius 3 is 2.59 bits per heavy atom. The molecule has 1 aromatic carbocycles. The Bertz CT molecular complexity index is 868. The molecule has 0 radical (unpaired) electrons. The van der Waals surface area contributed by atoms with E-state index in [0.717, 1.165) is 25.2 Å². The summed E-state index contributed by atoms with van der Waals surface area (Å²) >= 11 is 8.04. The molecule has 0 saturated carbocycles. The molecule has 0 aliphatic carbocycles. The van der Waals surface area contributed by atoms with Crippen LogP contribution in [0.2, 0.25) is 5.02 Å². The number of hydrogen-bond acceptors (Lipinski definition) is 5. The molecule has 29 heavy (non-hydrogen) atoms. The molecule has 2 amide bonds. The second kappa shape index (κ2) is 8.81. The van der Waals surface area contributed by atoms with Gasteiger partial charge in [-0.15, -0.1) is 11.8 Å². The fourth-order valence-corrected chi connectivity index (χ4v) is 5.45. The number of carbonyl (C=O) groups excluding carboxylic acids is 2. The average Bonchev–Trinajstić information content (AvgIpc) is 3.36. The molecule has 8 heteroatoms. The molecule has 2 aliphatic heterocycles. The van der Waals surface area contributed by atoms with Gasteiger partial charge in [0.1, 0.15) is 5.37 Å². The lowest BCUT2D eigenvalue weighted by Crippen LogP contribution is -2.50. The lowest BCUT2D eigenvalue weighted by molar-refractivity contribution is -0.130. The highest BCUT2D eigenvalue weighted by atomic mass is 35.5. The molecule has 2 atom stereocenters.